The van der Waals surface area contributed by atoms with Gasteiger partial charge in [-0.05, 0) is 32.3 Å². The van der Waals surface area contributed by atoms with Gasteiger partial charge in [-0.25, -0.2) is 15.0 Å². The van der Waals surface area contributed by atoms with Crippen molar-refractivity contribution in [1.29, 1.82) is 5.26 Å². The Hall–Kier alpha value is -2.98. The number of hydrogen-bond donors (Lipinski definition) is 2. The van der Waals surface area contributed by atoms with Crippen LogP contribution >= 0.6 is 11.6 Å². The molecule has 3 aromatic heterocycles. The van der Waals surface area contributed by atoms with Crippen molar-refractivity contribution in [3.63, 3.8) is 0 Å². The fourth-order valence-corrected chi connectivity index (χ4v) is 3.94. The largest absolute Gasteiger partial charge is 0.351 e. The summed E-state index contributed by atoms with van der Waals surface area (Å²) in [4.78, 5) is 28.0. The first-order valence-corrected chi connectivity index (χ1v) is 9.60. The van der Waals surface area contributed by atoms with E-state index in [0.29, 0.717) is 27.9 Å². The first-order chi connectivity index (χ1) is 13.5. The van der Waals surface area contributed by atoms with E-state index < -0.39 is 0 Å². The highest BCUT2D eigenvalue weighted by Crippen LogP contribution is 2.31. The van der Waals surface area contributed by atoms with Gasteiger partial charge in [0.15, 0.2) is 0 Å². The van der Waals surface area contributed by atoms with E-state index >= 15 is 0 Å². The van der Waals surface area contributed by atoms with Crippen molar-refractivity contribution in [3.05, 3.63) is 35.2 Å². The molecule has 28 heavy (non-hydrogen) atoms. The molecule has 0 saturated heterocycles. The number of rotatable bonds is 4. The normalized spacial score (nSPS) is 19.3. The van der Waals surface area contributed by atoms with Gasteiger partial charge >= 0.3 is 0 Å². The quantitative estimate of drug-likeness (QED) is 0.689. The van der Waals surface area contributed by atoms with Crippen molar-refractivity contribution < 1.29 is 4.79 Å². The molecule has 3 aromatic rings. The van der Waals surface area contributed by atoms with Gasteiger partial charge in [0.1, 0.15) is 17.5 Å². The number of halogens is 1. The zero-order valence-corrected chi connectivity index (χ0v) is 16.1. The van der Waals surface area contributed by atoms with Gasteiger partial charge in [0.25, 0.3) is 0 Å². The van der Waals surface area contributed by atoms with E-state index in [2.05, 4.69) is 31.3 Å². The molecule has 8 heteroatoms. The molecule has 0 aliphatic heterocycles. The van der Waals surface area contributed by atoms with Crippen LogP contribution in [0.2, 0.25) is 5.02 Å². The summed E-state index contributed by atoms with van der Waals surface area (Å²) >= 11 is 6.09. The molecule has 4 rings (SSSR count). The molecule has 0 spiro atoms. The van der Waals surface area contributed by atoms with Gasteiger partial charge in [0, 0.05) is 35.3 Å². The van der Waals surface area contributed by atoms with E-state index in [-0.39, 0.29) is 17.7 Å². The average Bonchev–Trinajstić information content (AvgIpc) is 3.11. The van der Waals surface area contributed by atoms with Crippen molar-refractivity contribution in [2.45, 2.75) is 38.6 Å². The van der Waals surface area contributed by atoms with E-state index in [4.69, 9.17) is 11.6 Å². The van der Waals surface area contributed by atoms with Gasteiger partial charge < -0.3 is 10.3 Å². The highest BCUT2D eigenvalue weighted by molar-refractivity contribution is 6.31. The minimum absolute atomic E-state index is 0.0888. The smallest absolute Gasteiger partial charge is 0.223 e. The summed E-state index contributed by atoms with van der Waals surface area (Å²) in [5.74, 6) is 0.773. The molecule has 1 saturated carbocycles. The highest BCUT2D eigenvalue weighted by atomic mass is 35.5. The topological polar surface area (TPSA) is 107 Å². The van der Waals surface area contributed by atoms with E-state index in [1.807, 2.05) is 0 Å². The van der Waals surface area contributed by atoms with Crippen molar-refractivity contribution in [1.82, 2.24) is 19.9 Å². The number of aromatic nitrogens is 4. The summed E-state index contributed by atoms with van der Waals surface area (Å²) in [5.41, 5.74) is 2.32. The molecule has 0 aromatic carbocycles. The second-order valence-corrected chi connectivity index (χ2v) is 7.57. The predicted molar refractivity (Wildman–Crippen MR) is 107 cm³/mol. The second kappa shape index (κ2) is 7.56. The van der Waals surface area contributed by atoms with Crippen molar-refractivity contribution in [2.24, 2.45) is 5.92 Å². The summed E-state index contributed by atoms with van der Waals surface area (Å²) in [7, 11) is 0. The number of nitriles is 1. The van der Waals surface area contributed by atoms with Crippen LogP contribution in [-0.2, 0) is 4.79 Å². The van der Waals surface area contributed by atoms with Crippen LogP contribution in [0, 0.1) is 17.2 Å². The first kappa shape index (κ1) is 18.4. The SMILES string of the molecule is CC(=O)[C@@H]1CCC[C@H](Nc2ncc(C#N)c(-c3c[nH]c4ncc(Cl)cc34)n2)C1. The van der Waals surface area contributed by atoms with Crippen LogP contribution in [0.15, 0.2) is 24.7 Å². The zero-order chi connectivity index (χ0) is 19.7. The van der Waals surface area contributed by atoms with Crippen LogP contribution in [0.3, 0.4) is 0 Å². The second-order valence-electron chi connectivity index (χ2n) is 7.14. The van der Waals surface area contributed by atoms with Gasteiger partial charge in [-0.15, -0.1) is 0 Å². The Morgan fingerprint density at radius 1 is 1.36 bits per heavy atom. The Morgan fingerprint density at radius 2 is 2.21 bits per heavy atom. The number of aromatic amines is 1. The summed E-state index contributed by atoms with van der Waals surface area (Å²) in [6.07, 6.45) is 8.54. The van der Waals surface area contributed by atoms with E-state index in [9.17, 15) is 10.1 Å². The van der Waals surface area contributed by atoms with E-state index in [0.717, 1.165) is 36.6 Å². The summed E-state index contributed by atoms with van der Waals surface area (Å²) in [6, 6.07) is 4.09. The minimum Gasteiger partial charge on any atom is -0.351 e. The number of Topliss-reactive ketones (excluding diaryl/α,β-unsaturated/α-hetero) is 1. The zero-order valence-electron chi connectivity index (χ0n) is 15.4. The van der Waals surface area contributed by atoms with Gasteiger partial charge in [0.2, 0.25) is 5.95 Å². The first-order valence-electron chi connectivity index (χ1n) is 9.22. The third-order valence-corrected chi connectivity index (χ3v) is 5.45. The molecule has 1 fully saturated rings. The molecular formula is C20H19ClN6O. The maximum absolute atomic E-state index is 11.7. The number of carbonyl (C=O) groups is 1. The maximum Gasteiger partial charge on any atom is 0.223 e. The fourth-order valence-electron chi connectivity index (χ4n) is 3.78. The Kier molecular flexibility index (Phi) is 4.97. The minimum atomic E-state index is 0.0888. The third-order valence-electron chi connectivity index (χ3n) is 5.24. The van der Waals surface area contributed by atoms with Crippen LogP contribution in [0.25, 0.3) is 22.3 Å². The molecular weight excluding hydrogens is 376 g/mol. The number of hydrogen-bond acceptors (Lipinski definition) is 6. The number of nitrogens with one attached hydrogen (secondary N) is 2. The number of carbonyl (C=O) groups excluding carboxylic acids is 1. The number of nitrogens with zero attached hydrogens (tertiary/aromatic N) is 4. The molecule has 0 unspecified atom stereocenters. The van der Waals surface area contributed by atoms with E-state index in [1.165, 1.54) is 6.20 Å². The lowest BCUT2D eigenvalue weighted by atomic mass is 9.83. The lowest BCUT2D eigenvalue weighted by molar-refractivity contribution is -0.121. The third kappa shape index (κ3) is 3.56. The van der Waals surface area contributed by atoms with Crippen LogP contribution in [0.4, 0.5) is 5.95 Å². The number of anilines is 1. The Morgan fingerprint density at radius 3 is 3.00 bits per heavy atom. The van der Waals surface area contributed by atoms with Gasteiger partial charge in [0.05, 0.1) is 22.5 Å². The lowest BCUT2D eigenvalue weighted by Gasteiger charge is -2.28. The predicted octanol–water partition coefficient (Wildman–Crippen LogP) is 4.10. The van der Waals surface area contributed by atoms with Crippen molar-refractivity contribution >= 4 is 34.4 Å². The summed E-state index contributed by atoms with van der Waals surface area (Å²) in [5, 5.41) is 14.2. The number of fused-ring (bicyclic) bond motifs is 1. The van der Waals surface area contributed by atoms with Gasteiger partial charge in [-0.3, -0.25) is 4.79 Å². The summed E-state index contributed by atoms with van der Waals surface area (Å²) in [6.45, 7) is 1.65. The Labute approximate surface area is 167 Å². The van der Waals surface area contributed by atoms with Gasteiger partial charge in [-0.2, -0.15) is 5.26 Å². The maximum atomic E-state index is 11.7. The molecule has 0 amide bonds. The fraction of sp³-hybridized carbons (Fsp3) is 0.350. The molecule has 1 aliphatic carbocycles. The van der Waals surface area contributed by atoms with E-state index in [1.54, 1.807) is 25.4 Å². The van der Waals surface area contributed by atoms with Crippen LogP contribution in [-0.4, -0.2) is 31.8 Å². The average molecular weight is 395 g/mol. The molecule has 3 heterocycles. The molecule has 7 nitrogen and oxygen atoms in total. The molecule has 142 valence electrons. The summed E-state index contributed by atoms with van der Waals surface area (Å²) < 4.78 is 0. The number of pyridine rings is 1. The monoisotopic (exact) mass is 394 g/mol. The molecule has 0 bridgehead atoms. The lowest BCUT2D eigenvalue weighted by Crippen LogP contribution is -2.30. The van der Waals surface area contributed by atoms with Gasteiger partial charge in [-0.1, -0.05) is 18.0 Å². The molecule has 0 radical (unpaired) electrons. The molecule has 1 aliphatic rings. The molecule has 2 N–H and O–H groups in total. The number of ketones is 1. The van der Waals surface area contributed by atoms with Crippen molar-refractivity contribution in [2.75, 3.05) is 5.32 Å². The van der Waals surface area contributed by atoms with Crippen LogP contribution in [0.1, 0.15) is 38.2 Å². The van der Waals surface area contributed by atoms with Crippen LogP contribution in [0.5, 0.6) is 0 Å². The molecule has 2 atom stereocenters. The Bertz CT molecular complexity index is 1090. The Balaban J connectivity index is 1.68. The van der Waals surface area contributed by atoms with Crippen molar-refractivity contribution in [3.8, 4) is 17.3 Å². The van der Waals surface area contributed by atoms with Crippen LogP contribution < -0.4 is 5.32 Å². The number of H-pyrrole nitrogens is 1. The standard InChI is InChI=1S/C20H19ClN6O/c1-11(28)12-3-2-4-15(5-12)26-20-25-8-13(7-22)18(27-20)17-10-24-19-16(17)6-14(21)9-23-19/h6,8-10,12,15H,2-5H2,1H3,(H,23,24)(H,25,26,27)/t12-,15+/m1/s1. The highest BCUT2D eigenvalue weighted by Gasteiger charge is 2.25.